The Balaban J connectivity index is 1.85. The highest BCUT2D eigenvalue weighted by atomic mass is 35.5. The van der Waals surface area contributed by atoms with Gasteiger partial charge in [-0.1, -0.05) is 44.0 Å². The molecule has 46 heavy (non-hydrogen) atoms. The second kappa shape index (κ2) is 12.6. The molecule has 4 rings (SSSR count). The molecule has 1 unspecified atom stereocenters. The van der Waals surface area contributed by atoms with Crippen LogP contribution >= 0.6 is 23.2 Å². The van der Waals surface area contributed by atoms with Crippen molar-refractivity contribution in [2.24, 2.45) is 0 Å². The number of alkyl halides is 3. The van der Waals surface area contributed by atoms with Gasteiger partial charge in [-0.15, -0.1) is 10.2 Å². The highest BCUT2D eigenvalue weighted by molar-refractivity contribution is 6.74. The lowest BCUT2D eigenvalue weighted by atomic mass is 10.1. The van der Waals surface area contributed by atoms with Crippen LogP contribution in [0, 0.1) is 0 Å². The van der Waals surface area contributed by atoms with E-state index in [-0.39, 0.29) is 22.5 Å². The van der Waals surface area contributed by atoms with E-state index in [0.717, 1.165) is 20.9 Å². The minimum atomic E-state index is -4.83. The average molecular weight is 703 g/mol. The number of rotatable bonds is 10. The first-order valence-electron chi connectivity index (χ1n) is 13.8. The fourth-order valence-corrected chi connectivity index (χ4v) is 5.67. The lowest BCUT2D eigenvalue weighted by Crippen LogP contribution is -2.50. The molecule has 18 heteroatoms. The molecule has 0 fully saturated rings. The number of pyridine rings is 1. The molecule has 0 saturated heterocycles. The van der Waals surface area contributed by atoms with E-state index < -0.39 is 61.8 Å². The van der Waals surface area contributed by atoms with Crippen molar-refractivity contribution < 1.29 is 32.6 Å². The van der Waals surface area contributed by atoms with Crippen molar-refractivity contribution in [3.63, 3.8) is 0 Å². The van der Waals surface area contributed by atoms with Gasteiger partial charge >= 0.3 is 17.8 Å². The third-order valence-electron chi connectivity index (χ3n) is 7.72. The molecular formula is C28H32Cl2F3N7O5Si. The molecule has 0 saturated carbocycles. The van der Waals surface area contributed by atoms with Crippen molar-refractivity contribution in [3.05, 3.63) is 74.8 Å². The van der Waals surface area contributed by atoms with Crippen LogP contribution in [0.5, 0.6) is 0 Å². The Labute approximate surface area is 272 Å². The number of aliphatic carboxylic acids is 1. The zero-order valence-corrected chi connectivity index (χ0v) is 28.2. The topological polar surface area (TPSA) is 150 Å². The predicted octanol–water partition coefficient (Wildman–Crippen LogP) is 5.29. The third-order valence-corrected chi connectivity index (χ3v) is 12.7. The molecule has 0 aliphatic rings. The monoisotopic (exact) mass is 701 g/mol. The van der Waals surface area contributed by atoms with Gasteiger partial charge in [-0.3, -0.25) is 4.57 Å². The van der Waals surface area contributed by atoms with Gasteiger partial charge in [-0.2, -0.15) is 17.9 Å². The number of aromatic nitrogens is 7. The summed E-state index contributed by atoms with van der Waals surface area (Å²) in [6.45, 7) is 8.30. The van der Waals surface area contributed by atoms with E-state index in [1.165, 1.54) is 42.6 Å². The van der Waals surface area contributed by atoms with Crippen LogP contribution < -0.4 is 5.69 Å². The zero-order valence-electron chi connectivity index (χ0n) is 25.7. The molecule has 248 valence electrons. The molecular weight excluding hydrogens is 670 g/mol. The molecule has 4 aromatic rings. The maximum atomic E-state index is 14.4. The summed E-state index contributed by atoms with van der Waals surface area (Å²) >= 11 is 12.3. The van der Waals surface area contributed by atoms with Crippen LogP contribution in [0.3, 0.4) is 0 Å². The SMILES string of the molecule is CC(O)(C(=O)O)c1nc(Cn2nc(-c3ccc(Cl)cc3)n(C[C@H](O[Si](C)(C)C(C)(C)C)C(F)(F)F)c2=O)nn1-c1ncccc1Cl. The Morgan fingerprint density at radius 2 is 1.70 bits per heavy atom. The molecule has 0 amide bonds. The van der Waals surface area contributed by atoms with E-state index in [0.29, 0.717) is 10.6 Å². The second-order valence-electron chi connectivity index (χ2n) is 12.2. The quantitative estimate of drug-likeness (QED) is 0.210. The maximum absolute atomic E-state index is 14.4. The summed E-state index contributed by atoms with van der Waals surface area (Å²) in [5.74, 6) is -2.53. The Morgan fingerprint density at radius 1 is 1.07 bits per heavy atom. The molecule has 1 aromatic carbocycles. The molecule has 0 bridgehead atoms. The molecule has 3 aromatic heterocycles. The Bertz CT molecular complexity index is 1800. The van der Waals surface area contributed by atoms with Gasteiger partial charge in [0.1, 0.15) is 6.54 Å². The van der Waals surface area contributed by atoms with Crippen LogP contribution in [-0.4, -0.2) is 70.9 Å². The first-order chi connectivity index (χ1) is 21.1. The normalized spacial score (nSPS) is 14.7. The number of hydrogen-bond acceptors (Lipinski definition) is 8. The summed E-state index contributed by atoms with van der Waals surface area (Å²) in [5, 5.41) is 28.8. The number of carbonyl (C=O) groups is 1. The van der Waals surface area contributed by atoms with Crippen molar-refractivity contribution >= 4 is 37.5 Å². The highest BCUT2D eigenvalue weighted by Crippen LogP contribution is 2.40. The van der Waals surface area contributed by atoms with E-state index in [4.69, 9.17) is 27.6 Å². The smallest absolute Gasteiger partial charge is 0.415 e. The Kier molecular flexibility index (Phi) is 9.63. The largest absolute Gasteiger partial charge is 0.479 e. The van der Waals surface area contributed by atoms with Crippen molar-refractivity contribution in [2.45, 2.75) is 76.8 Å². The second-order valence-corrected chi connectivity index (χ2v) is 17.8. The van der Waals surface area contributed by atoms with Crippen molar-refractivity contribution in [1.29, 1.82) is 0 Å². The van der Waals surface area contributed by atoms with Gasteiger partial charge in [0.15, 0.2) is 37.7 Å². The summed E-state index contributed by atoms with van der Waals surface area (Å²) in [6.07, 6.45) is -5.81. The maximum Gasteiger partial charge on any atom is 0.415 e. The first-order valence-corrected chi connectivity index (χ1v) is 17.5. The molecule has 0 radical (unpaired) electrons. The number of hydrogen-bond donors (Lipinski definition) is 2. The summed E-state index contributed by atoms with van der Waals surface area (Å²) in [7, 11) is -2.97. The zero-order chi connectivity index (χ0) is 34.4. The van der Waals surface area contributed by atoms with Gasteiger partial charge in [0.2, 0.25) is 5.60 Å². The van der Waals surface area contributed by atoms with Crippen molar-refractivity contribution in [2.75, 3.05) is 0 Å². The summed E-state index contributed by atoms with van der Waals surface area (Å²) in [6, 6.07) is 8.97. The van der Waals surface area contributed by atoms with Crippen LogP contribution in [0.15, 0.2) is 47.4 Å². The van der Waals surface area contributed by atoms with Crippen LogP contribution in [-0.2, 0) is 27.9 Å². The Morgan fingerprint density at radius 3 is 2.24 bits per heavy atom. The van der Waals surface area contributed by atoms with Crippen LogP contribution in [0.2, 0.25) is 28.2 Å². The molecule has 0 aliphatic carbocycles. The highest BCUT2D eigenvalue weighted by Gasteiger charge is 2.48. The lowest BCUT2D eigenvalue weighted by molar-refractivity contribution is -0.202. The number of halogens is 5. The fraction of sp³-hybridized carbons (Fsp3) is 0.429. The third kappa shape index (κ3) is 7.20. The molecule has 2 atom stereocenters. The van der Waals surface area contributed by atoms with Gasteiger partial charge in [-0.25, -0.2) is 24.2 Å². The summed E-state index contributed by atoms with van der Waals surface area (Å²) < 4.78 is 51.7. The molecule has 3 heterocycles. The van der Waals surface area contributed by atoms with Gasteiger partial charge in [-0.05, 0) is 61.5 Å². The number of aliphatic hydroxyl groups is 1. The van der Waals surface area contributed by atoms with Crippen LogP contribution in [0.4, 0.5) is 13.2 Å². The number of benzene rings is 1. The number of carboxylic acid groups (broad SMARTS) is 1. The Hall–Kier alpha value is -3.57. The van der Waals surface area contributed by atoms with Crippen molar-refractivity contribution in [3.8, 4) is 17.2 Å². The average Bonchev–Trinajstić information content (AvgIpc) is 3.49. The summed E-state index contributed by atoms with van der Waals surface area (Å²) in [4.78, 5) is 33.9. The minimum Gasteiger partial charge on any atom is -0.479 e. The van der Waals surface area contributed by atoms with E-state index >= 15 is 0 Å². The number of nitrogens with zero attached hydrogens (tertiary/aromatic N) is 7. The van der Waals surface area contributed by atoms with Crippen LogP contribution in [0.25, 0.3) is 17.2 Å². The van der Waals surface area contributed by atoms with Gasteiger partial charge in [0.25, 0.3) is 0 Å². The van der Waals surface area contributed by atoms with Gasteiger partial charge < -0.3 is 14.6 Å². The number of carboxylic acids is 1. The lowest BCUT2D eigenvalue weighted by Gasteiger charge is -2.39. The van der Waals surface area contributed by atoms with Crippen LogP contribution in [0.1, 0.15) is 39.3 Å². The van der Waals surface area contributed by atoms with Gasteiger partial charge in [0.05, 0.1) is 11.6 Å². The molecule has 0 spiro atoms. The molecule has 0 aliphatic heterocycles. The predicted molar refractivity (Wildman–Crippen MR) is 166 cm³/mol. The molecule has 2 N–H and O–H groups in total. The first kappa shape index (κ1) is 35.3. The minimum absolute atomic E-state index is 0.0489. The van der Waals surface area contributed by atoms with E-state index in [1.54, 1.807) is 33.9 Å². The van der Waals surface area contributed by atoms with Gasteiger partial charge in [0, 0.05) is 16.8 Å². The van der Waals surface area contributed by atoms with E-state index in [2.05, 4.69) is 20.2 Å². The summed E-state index contributed by atoms with van der Waals surface area (Å²) in [5.41, 5.74) is -3.23. The van der Waals surface area contributed by atoms with E-state index in [1.807, 2.05) is 0 Å². The molecule has 12 nitrogen and oxygen atoms in total. The van der Waals surface area contributed by atoms with E-state index in [9.17, 15) is 33.0 Å². The fourth-order valence-electron chi connectivity index (χ4n) is 4.07. The van der Waals surface area contributed by atoms with Crippen molar-refractivity contribution in [1.82, 2.24) is 34.1 Å². The standard InChI is InChI=1S/C28H32Cl2F3N7O5Si/c1-26(2,3)46(5,6)45-19(28(31,32)33)14-38-21(16-9-11-17(29)12-10-16)37-39(25(38)43)15-20-35-23(27(4,44)24(41)42)40(36-20)22-18(30)8-7-13-34-22/h7-13,19,44H,14-15H2,1-6H3,(H,41,42)/t19-,27?/m0/s1.